The van der Waals surface area contributed by atoms with Crippen molar-refractivity contribution in [1.29, 1.82) is 0 Å². The number of nitrogens with zero attached hydrogens (tertiary/aromatic N) is 2. The predicted molar refractivity (Wildman–Crippen MR) is 183 cm³/mol. The molecule has 0 aliphatic rings. The van der Waals surface area contributed by atoms with Crippen LogP contribution in [0.2, 0.25) is 0 Å². The van der Waals surface area contributed by atoms with Gasteiger partial charge < -0.3 is 35.8 Å². The van der Waals surface area contributed by atoms with E-state index in [1.165, 1.54) is 4.90 Å². The number of carbonyl (C=O) groups excluding carboxylic acids is 2. The van der Waals surface area contributed by atoms with Gasteiger partial charge in [0.15, 0.2) is 0 Å². The third-order valence-corrected chi connectivity index (χ3v) is 7.92. The van der Waals surface area contributed by atoms with Gasteiger partial charge in [0.2, 0.25) is 17.6 Å². The molecule has 0 bridgehead atoms. The lowest BCUT2D eigenvalue weighted by atomic mass is 9.82. The molecular formula is C36H42F6N4O8. The Morgan fingerprint density at radius 3 is 2.13 bits per heavy atom. The molecule has 54 heavy (non-hydrogen) atoms. The van der Waals surface area contributed by atoms with E-state index in [1.54, 1.807) is 12.3 Å². The maximum atomic E-state index is 14.9. The fourth-order valence-corrected chi connectivity index (χ4v) is 5.36. The molecule has 0 saturated carbocycles. The maximum Gasteiger partial charge on any atom is 0.452 e. The van der Waals surface area contributed by atoms with Crippen LogP contribution in [0.25, 0.3) is 11.1 Å². The van der Waals surface area contributed by atoms with Gasteiger partial charge in [-0.05, 0) is 54.7 Å². The number of hydrogen-bond acceptors (Lipinski definition) is 7. The number of amides is 2. The Morgan fingerprint density at radius 2 is 1.63 bits per heavy atom. The number of carboxylic acid groups (broad SMARTS) is 2. The highest BCUT2D eigenvalue weighted by Gasteiger charge is 2.38. The van der Waals surface area contributed by atoms with Gasteiger partial charge in [0.05, 0.1) is 12.1 Å². The smallest absolute Gasteiger partial charge is 0.452 e. The molecule has 296 valence electrons. The Labute approximate surface area is 306 Å². The number of aliphatic hydroxyl groups excluding tert-OH is 1. The van der Waals surface area contributed by atoms with Crippen molar-refractivity contribution in [2.45, 2.75) is 70.9 Å². The van der Waals surface area contributed by atoms with E-state index in [0.29, 0.717) is 17.8 Å². The third kappa shape index (κ3) is 13.2. The van der Waals surface area contributed by atoms with Crippen molar-refractivity contribution < 1.29 is 65.9 Å². The Kier molecular flexibility index (Phi) is 16.3. The SMILES string of the molecule is C=C(OF)C(F)(F)F.CC(C)(C)C(c1cc(-c2cc(F)ccc2F)cn1Cc1ccccc1)N(CCC(N)C(=O)N[C@H](CCC(=O)O)C(=O)O)C(=O)CO. The molecule has 1 heterocycles. The first-order valence-corrected chi connectivity index (χ1v) is 16.3. The lowest BCUT2D eigenvalue weighted by Crippen LogP contribution is -2.50. The molecule has 0 fully saturated rings. The molecule has 0 radical (unpaired) electrons. The van der Waals surface area contributed by atoms with Crippen molar-refractivity contribution in [3.63, 3.8) is 0 Å². The highest BCUT2D eigenvalue weighted by Crippen LogP contribution is 2.41. The van der Waals surface area contributed by atoms with E-state index in [1.807, 2.05) is 55.7 Å². The van der Waals surface area contributed by atoms with Crippen LogP contribution in [-0.4, -0.2) is 80.0 Å². The quantitative estimate of drug-likeness (QED) is 0.0927. The zero-order valence-corrected chi connectivity index (χ0v) is 29.6. The number of benzene rings is 2. The Morgan fingerprint density at radius 1 is 1.00 bits per heavy atom. The summed E-state index contributed by atoms with van der Waals surface area (Å²) in [6, 6.07) is 10.6. The number of hydrogen-bond donors (Lipinski definition) is 5. The summed E-state index contributed by atoms with van der Waals surface area (Å²) in [5.74, 6) is -7.27. The van der Waals surface area contributed by atoms with Gasteiger partial charge in [0.25, 0.3) is 0 Å². The van der Waals surface area contributed by atoms with E-state index >= 15 is 0 Å². The molecule has 12 nitrogen and oxygen atoms in total. The number of rotatable bonds is 16. The number of allylic oxidation sites excluding steroid dienone is 1. The lowest BCUT2D eigenvalue weighted by Gasteiger charge is -2.41. The van der Waals surface area contributed by atoms with Crippen LogP contribution in [0.5, 0.6) is 0 Å². The van der Waals surface area contributed by atoms with Crippen molar-refractivity contribution in [1.82, 2.24) is 14.8 Å². The van der Waals surface area contributed by atoms with E-state index in [9.17, 15) is 55.9 Å². The Balaban J connectivity index is 0.00000113. The van der Waals surface area contributed by atoms with Crippen LogP contribution < -0.4 is 11.1 Å². The van der Waals surface area contributed by atoms with Crippen LogP contribution in [-0.2, 0) is 30.7 Å². The average Bonchev–Trinajstić information content (AvgIpc) is 3.49. The zero-order valence-electron chi connectivity index (χ0n) is 29.6. The number of aliphatic hydroxyl groups is 1. The second-order valence-corrected chi connectivity index (χ2v) is 13.1. The fraction of sp³-hybridized carbons (Fsp3) is 0.389. The molecule has 0 aliphatic heterocycles. The van der Waals surface area contributed by atoms with Gasteiger partial charge in [-0.15, -0.1) is 0 Å². The highest BCUT2D eigenvalue weighted by atomic mass is 19.4. The Bertz CT molecular complexity index is 1760. The molecule has 3 rings (SSSR count). The number of nitrogens with one attached hydrogen (secondary N) is 1. The van der Waals surface area contributed by atoms with E-state index in [2.05, 4.69) is 16.8 Å². The van der Waals surface area contributed by atoms with Gasteiger partial charge in [-0.3, -0.25) is 19.3 Å². The van der Waals surface area contributed by atoms with Gasteiger partial charge in [0, 0.05) is 47.1 Å². The normalized spacial score (nSPS) is 13.1. The standard InChI is InChI=1S/C33H40F2N4O7.C3H2F4O/c1-33(2,3)30(39(28(41)19-40)14-13-25(36)31(44)37-26(32(45)46)11-12-29(42)43)27-15-21(23-16-22(34)9-10-24(23)35)18-38(27)17-20-7-5-4-6-8-20;1-2(8-7)3(4,5)6/h4-10,15-16,18,25-26,30,40H,11-14,17,19,36H2,1-3H3,(H,37,44)(H,42,43)(H,45,46);1H2/t25?,26-,30?;/m1./s1. The summed E-state index contributed by atoms with van der Waals surface area (Å²) in [5, 5.41) is 30.5. The summed E-state index contributed by atoms with van der Waals surface area (Å²) >= 11 is 0. The summed E-state index contributed by atoms with van der Waals surface area (Å²) in [6.45, 7) is 7.13. The van der Waals surface area contributed by atoms with Crippen LogP contribution in [0.1, 0.15) is 57.3 Å². The number of aliphatic carboxylic acids is 2. The number of aromatic nitrogens is 1. The summed E-state index contributed by atoms with van der Waals surface area (Å²) in [5.41, 5.74) is 7.23. The Hall–Kier alpha value is -5.36. The van der Waals surface area contributed by atoms with Gasteiger partial charge in [-0.25, -0.2) is 13.6 Å². The maximum absolute atomic E-state index is 14.9. The van der Waals surface area contributed by atoms with Crippen LogP contribution >= 0.6 is 0 Å². The van der Waals surface area contributed by atoms with Gasteiger partial charge in [-0.1, -0.05) is 51.1 Å². The molecule has 6 N–H and O–H groups in total. The molecular weight excluding hydrogens is 730 g/mol. The van der Waals surface area contributed by atoms with E-state index < -0.39 is 83.9 Å². The predicted octanol–water partition coefficient (Wildman–Crippen LogP) is 5.50. The summed E-state index contributed by atoms with van der Waals surface area (Å²) in [4.78, 5) is 52.2. The van der Waals surface area contributed by atoms with Crippen LogP contribution in [0.3, 0.4) is 0 Å². The summed E-state index contributed by atoms with van der Waals surface area (Å²) < 4.78 is 74.5. The molecule has 2 aromatic carbocycles. The van der Waals surface area contributed by atoms with Gasteiger partial charge in [-0.2, -0.15) is 13.2 Å². The number of carboxylic acids is 2. The lowest BCUT2D eigenvalue weighted by molar-refractivity contribution is -0.193. The molecule has 2 amide bonds. The highest BCUT2D eigenvalue weighted by molar-refractivity contribution is 5.87. The van der Waals surface area contributed by atoms with E-state index in [0.717, 1.165) is 23.8 Å². The summed E-state index contributed by atoms with van der Waals surface area (Å²) in [6.07, 6.45) is -4.09. The minimum Gasteiger partial charge on any atom is -0.481 e. The zero-order chi connectivity index (χ0) is 41.0. The topological polar surface area (TPSA) is 184 Å². The van der Waals surface area contributed by atoms with Crippen LogP contribution in [0.4, 0.5) is 26.5 Å². The average molecular weight is 773 g/mol. The molecule has 3 aromatic rings. The van der Waals surface area contributed by atoms with Gasteiger partial charge >= 0.3 is 18.1 Å². The minimum atomic E-state index is -4.78. The van der Waals surface area contributed by atoms with Crippen molar-refractivity contribution in [3.05, 3.63) is 96.0 Å². The molecule has 0 saturated heterocycles. The second-order valence-electron chi connectivity index (χ2n) is 13.1. The van der Waals surface area contributed by atoms with Crippen molar-refractivity contribution in [3.8, 4) is 11.1 Å². The molecule has 1 aromatic heterocycles. The minimum absolute atomic E-state index is 0.0235. The number of alkyl halides is 3. The fourth-order valence-electron chi connectivity index (χ4n) is 5.36. The van der Waals surface area contributed by atoms with Gasteiger partial charge in [0.1, 0.15) is 24.3 Å². The number of nitrogens with two attached hydrogens (primary N) is 1. The van der Waals surface area contributed by atoms with Crippen molar-refractivity contribution >= 4 is 23.8 Å². The van der Waals surface area contributed by atoms with Crippen LogP contribution in [0, 0.1) is 17.0 Å². The monoisotopic (exact) mass is 772 g/mol. The van der Waals surface area contributed by atoms with Crippen molar-refractivity contribution in [2.75, 3.05) is 13.2 Å². The third-order valence-electron chi connectivity index (χ3n) is 7.92. The molecule has 3 atom stereocenters. The second kappa shape index (κ2) is 19.6. The molecule has 0 aliphatic carbocycles. The number of carbonyl (C=O) groups is 4. The molecule has 18 heteroatoms. The first-order chi connectivity index (χ1) is 25.1. The first kappa shape index (κ1) is 44.8. The first-order valence-electron chi connectivity index (χ1n) is 16.3. The summed E-state index contributed by atoms with van der Waals surface area (Å²) in [7, 11) is 0. The molecule has 0 spiro atoms. The molecule has 2 unspecified atom stereocenters. The van der Waals surface area contributed by atoms with Crippen molar-refractivity contribution in [2.24, 2.45) is 11.1 Å². The van der Waals surface area contributed by atoms with Crippen LogP contribution in [0.15, 0.2) is 73.1 Å². The van der Waals surface area contributed by atoms with E-state index in [4.69, 9.17) is 10.8 Å². The van der Waals surface area contributed by atoms with E-state index in [-0.39, 0.29) is 24.9 Å². The number of halogens is 6. The largest absolute Gasteiger partial charge is 0.481 e.